The highest BCUT2D eigenvalue weighted by Crippen LogP contribution is 2.30. The number of aromatic nitrogens is 5. The average molecular weight is 400 g/mol. The molecule has 0 saturated carbocycles. The van der Waals surface area contributed by atoms with Gasteiger partial charge < -0.3 is 9.84 Å². The smallest absolute Gasteiger partial charge is 0.414 e. The second-order valence-corrected chi connectivity index (χ2v) is 6.12. The highest BCUT2D eigenvalue weighted by molar-refractivity contribution is 5.90. The van der Waals surface area contributed by atoms with E-state index in [-0.39, 0.29) is 17.8 Å². The molecule has 0 radical (unpaired) electrons. The Morgan fingerprint density at radius 1 is 1.34 bits per heavy atom. The van der Waals surface area contributed by atoms with E-state index in [9.17, 15) is 13.6 Å². The first-order chi connectivity index (χ1) is 14.0. The van der Waals surface area contributed by atoms with Crippen LogP contribution in [0.2, 0.25) is 0 Å². The fraction of sp³-hybridized carbons (Fsp3) is 0.167. The van der Waals surface area contributed by atoms with Crippen LogP contribution in [-0.4, -0.2) is 55.4 Å². The van der Waals surface area contributed by atoms with Gasteiger partial charge in [-0.2, -0.15) is 0 Å². The summed E-state index contributed by atoms with van der Waals surface area (Å²) in [6.07, 6.45) is -1.63. The molecule has 11 heteroatoms. The number of tetrazole rings is 1. The molecule has 9 nitrogen and oxygen atoms in total. The van der Waals surface area contributed by atoms with Crippen molar-refractivity contribution in [1.82, 2.24) is 25.2 Å². The number of aliphatic hydroxyl groups excluding tert-OH is 1. The standard InChI is InChI=1S/C18H14F2N6O3/c1-2-26-23-17(22-24-26)14-6-3-10(8-21-14)12-5-4-11(7-13(12)19)25-9-15(16(20)27)29-18(25)28/h2-8,15-16,27H,1,9H2/t15-,16?/m1/s1. The summed E-state index contributed by atoms with van der Waals surface area (Å²) in [4.78, 5) is 18.3. The molecule has 1 amide bonds. The first-order valence-corrected chi connectivity index (χ1v) is 8.45. The van der Waals surface area contributed by atoms with Gasteiger partial charge in [0, 0.05) is 23.5 Å². The van der Waals surface area contributed by atoms with E-state index in [4.69, 9.17) is 9.84 Å². The number of alkyl halides is 1. The van der Waals surface area contributed by atoms with Gasteiger partial charge in [0.25, 0.3) is 0 Å². The van der Waals surface area contributed by atoms with Gasteiger partial charge >= 0.3 is 6.09 Å². The molecule has 1 unspecified atom stereocenters. The van der Waals surface area contributed by atoms with E-state index in [0.29, 0.717) is 17.1 Å². The zero-order valence-corrected chi connectivity index (χ0v) is 14.8. The van der Waals surface area contributed by atoms with Gasteiger partial charge in [0.1, 0.15) is 11.5 Å². The first kappa shape index (κ1) is 18.6. The van der Waals surface area contributed by atoms with Gasteiger partial charge in [-0.15, -0.1) is 15.0 Å². The fourth-order valence-electron chi connectivity index (χ4n) is 2.84. The topological polar surface area (TPSA) is 106 Å². The zero-order chi connectivity index (χ0) is 20.5. The van der Waals surface area contributed by atoms with Crippen molar-refractivity contribution in [3.05, 3.63) is 48.9 Å². The Labute approximate surface area is 162 Å². The number of halogens is 2. The van der Waals surface area contributed by atoms with Crippen LogP contribution in [-0.2, 0) is 4.74 Å². The number of amides is 1. The third kappa shape index (κ3) is 3.55. The predicted octanol–water partition coefficient (Wildman–Crippen LogP) is 2.25. The Kier molecular flexibility index (Phi) is 4.72. The normalized spacial score (nSPS) is 17.3. The molecule has 2 atom stereocenters. The fourth-order valence-corrected chi connectivity index (χ4v) is 2.84. The molecular formula is C18H14F2N6O3. The van der Waals surface area contributed by atoms with Gasteiger partial charge in [-0.3, -0.25) is 9.88 Å². The number of benzene rings is 1. The van der Waals surface area contributed by atoms with E-state index >= 15 is 0 Å². The van der Waals surface area contributed by atoms with Crippen LogP contribution in [0.25, 0.3) is 28.8 Å². The van der Waals surface area contributed by atoms with Crippen molar-refractivity contribution >= 4 is 18.0 Å². The SMILES string of the molecule is C=Cn1nnc(-c2ccc(-c3ccc(N4C[C@H](C(O)F)OC4=O)cc3F)cn2)n1. The van der Waals surface area contributed by atoms with E-state index in [1.807, 2.05) is 0 Å². The maximum Gasteiger partial charge on any atom is 0.414 e. The molecule has 1 aliphatic rings. The Morgan fingerprint density at radius 3 is 2.76 bits per heavy atom. The van der Waals surface area contributed by atoms with Gasteiger partial charge in [0.15, 0.2) is 6.10 Å². The molecule has 0 aliphatic carbocycles. The molecule has 0 bridgehead atoms. The number of cyclic esters (lactones) is 1. The van der Waals surface area contributed by atoms with Gasteiger partial charge in [-0.05, 0) is 29.5 Å². The monoisotopic (exact) mass is 400 g/mol. The lowest BCUT2D eigenvalue weighted by atomic mass is 10.1. The number of carbonyl (C=O) groups is 1. The third-order valence-electron chi connectivity index (χ3n) is 4.30. The number of hydrogen-bond donors (Lipinski definition) is 1. The van der Waals surface area contributed by atoms with Crippen LogP contribution < -0.4 is 4.90 Å². The minimum Gasteiger partial charge on any atom is -0.438 e. The van der Waals surface area contributed by atoms with Crippen molar-refractivity contribution in [3.63, 3.8) is 0 Å². The quantitative estimate of drug-likeness (QED) is 0.700. The predicted molar refractivity (Wildman–Crippen MR) is 97.6 cm³/mol. The van der Waals surface area contributed by atoms with Crippen molar-refractivity contribution in [2.24, 2.45) is 0 Å². The van der Waals surface area contributed by atoms with E-state index in [2.05, 4.69) is 27.0 Å². The molecule has 3 heterocycles. The van der Waals surface area contributed by atoms with Crippen molar-refractivity contribution < 1.29 is 23.4 Å². The maximum absolute atomic E-state index is 14.7. The molecule has 1 aromatic carbocycles. The molecule has 29 heavy (non-hydrogen) atoms. The average Bonchev–Trinajstić information content (AvgIpc) is 3.35. The van der Waals surface area contributed by atoms with Crippen LogP contribution in [0.15, 0.2) is 43.1 Å². The summed E-state index contributed by atoms with van der Waals surface area (Å²) in [6.45, 7) is 3.31. The van der Waals surface area contributed by atoms with E-state index in [1.165, 1.54) is 29.3 Å². The number of hydrogen-bond acceptors (Lipinski definition) is 7. The molecule has 0 spiro atoms. The summed E-state index contributed by atoms with van der Waals surface area (Å²) in [5, 5.41) is 20.6. The molecule has 148 valence electrons. The third-order valence-corrected chi connectivity index (χ3v) is 4.30. The van der Waals surface area contributed by atoms with Gasteiger partial charge in [-0.25, -0.2) is 13.6 Å². The Bertz CT molecular complexity index is 1070. The molecule has 1 saturated heterocycles. The number of carbonyl (C=O) groups excluding carboxylic acids is 1. The number of anilines is 1. The minimum absolute atomic E-state index is 0.189. The van der Waals surface area contributed by atoms with Crippen LogP contribution in [0.5, 0.6) is 0 Å². The summed E-state index contributed by atoms with van der Waals surface area (Å²) >= 11 is 0. The molecule has 2 aromatic heterocycles. The molecular weight excluding hydrogens is 386 g/mol. The van der Waals surface area contributed by atoms with Crippen molar-refractivity contribution in [2.45, 2.75) is 12.5 Å². The van der Waals surface area contributed by atoms with E-state index in [0.717, 1.165) is 11.0 Å². The first-order valence-electron chi connectivity index (χ1n) is 8.45. The lowest BCUT2D eigenvalue weighted by molar-refractivity contribution is -0.0503. The highest BCUT2D eigenvalue weighted by atomic mass is 19.1. The molecule has 4 rings (SSSR count). The zero-order valence-electron chi connectivity index (χ0n) is 14.8. The Hall–Kier alpha value is -3.73. The molecule has 3 aromatic rings. The Morgan fingerprint density at radius 2 is 2.17 bits per heavy atom. The second kappa shape index (κ2) is 7.36. The lowest BCUT2D eigenvalue weighted by Gasteiger charge is -2.14. The van der Waals surface area contributed by atoms with E-state index < -0.39 is 24.4 Å². The summed E-state index contributed by atoms with van der Waals surface area (Å²) in [6, 6.07) is 7.37. The van der Waals surface area contributed by atoms with Crippen molar-refractivity contribution in [3.8, 4) is 22.6 Å². The number of nitrogens with zero attached hydrogens (tertiary/aromatic N) is 6. The van der Waals surface area contributed by atoms with Crippen LogP contribution in [0, 0.1) is 5.82 Å². The lowest BCUT2D eigenvalue weighted by Crippen LogP contribution is -2.28. The van der Waals surface area contributed by atoms with Crippen molar-refractivity contribution in [2.75, 3.05) is 11.4 Å². The number of aliphatic hydroxyl groups is 1. The number of pyridine rings is 1. The Balaban J connectivity index is 1.57. The van der Waals surface area contributed by atoms with Crippen LogP contribution in [0.4, 0.5) is 19.3 Å². The highest BCUT2D eigenvalue weighted by Gasteiger charge is 2.37. The van der Waals surface area contributed by atoms with Gasteiger partial charge in [0.2, 0.25) is 12.2 Å². The second-order valence-electron chi connectivity index (χ2n) is 6.12. The summed E-state index contributed by atoms with van der Waals surface area (Å²) in [5.41, 5.74) is 1.39. The van der Waals surface area contributed by atoms with Crippen LogP contribution in [0.3, 0.4) is 0 Å². The van der Waals surface area contributed by atoms with Crippen LogP contribution >= 0.6 is 0 Å². The van der Waals surface area contributed by atoms with Gasteiger partial charge in [-0.1, -0.05) is 12.6 Å². The molecule has 1 N–H and O–H groups in total. The minimum atomic E-state index is -2.31. The molecule has 1 aliphatic heterocycles. The molecule has 1 fully saturated rings. The summed E-state index contributed by atoms with van der Waals surface area (Å²) in [5.74, 6) is -0.311. The maximum atomic E-state index is 14.7. The van der Waals surface area contributed by atoms with E-state index in [1.54, 1.807) is 12.1 Å². The van der Waals surface area contributed by atoms with Crippen molar-refractivity contribution in [1.29, 1.82) is 0 Å². The number of rotatable bonds is 5. The summed E-state index contributed by atoms with van der Waals surface area (Å²) in [7, 11) is 0. The van der Waals surface area contributed by atoms with Gasteiger partial charge in [0.05, 0.1) is 12.2 Å². The van der Waals surface area contributed by atoms with Crippen LogP contribution in [0.1, 0.15) is 0 Å². The largest absolute Gasteiger partial charge is 0.438 e. The summed E-state index contributed by atoms with van der Waals surface area (Å²) < 4.78 is 32.3. The number of ether oxygens (including phenoxy) is 1.